The van der Waals surface area contributed by atoms with Gasteiger partial charge in [0.25, 0.3) is 0 Å². The molecule has 1 aromatic carbocycles. The molecule has 0 aliphatic heterocycles. The monoisotopic (exact) mass is 316 g/mol. The molecule has 0 radical (unpaired) electrons. The van der Waals surface area contributed by atoms with Crippen LogP contribution in [0.4, 0.5) is 0 Å². The maximum absolute atomic E-state index is 5.84. The molecule has 2 rings (SSSR count). The molecule has 0 aliphatic rings. The second-order valence-corrected chi connectivity index (χ2v) is 6.27. The number of hydrogen-bond donors (Lipinski definition) is 1. The molecule has 0 unspecified atom stereocenters. The van der Waals surface area contributed by atoms with Crippen molar-refractivity contribution in [2.75, 3.05) is 13.2 Å². The maximum Gasteiger partial charge on any atom is 0.120 e. The Labute approximate surface area is 141 Å². The summed E-state index contributed by atoms with van der Waals surface area (Å²) in [6.45, 7) is 12.7. The summed E-state index contributed by atoms with van der Waals surface area (Å²) < 4.78 is 8.32. The van der Waals surface area contributed by atoms with Crippen molar-refractivity contribution in [1.82, 2.24) is 9.88 Å². The van der Waals surface area contributed by atoms with Gasteiger partial charge in [-0.2, -0.15) is 0 Å². The lowest BCUT2D eigenvalue weighted by Gasteiger charge is -2.08. The van der Waals surface area contributed by atoms with Gasteiger partial charge < -0.3 is 14.6 Å². The van der Waals surface area contributed by atoms with Crippen molar-refractivity contribution >= 4 is 10.9 Å². The summed E-state index contributed by atoms with van der Waals surface area (Å²) >= 11 is 0. The van der Waals surface area contributed by atoms with Gasteiger partial charge in [-0.15, -0.1) is 0 Å². The molecule has 0 atom stereocenters. The zero-order valence-corrected chi connectivity index (χ0v) is 15.2. The van der Waals surface area contributed by atoms with E-state index in [1.54, 1.807) is 0 Å². The third-order valence-corrected chi connectivity index (χ3v) is 4.36. The Hall–Kier alpha value is -1.48. The second-order valence-electron chi connectivity index (χ2n) is 6.27. The van der Waals surface area contributed by atoms with Crippen molar-refractivity contribution in [1.29, 1.82) is 0 Å². The number of nitrogens with zero attached hydrogens (tertiary/aromatic N) is 1. The van der Waals surface area contributed by atoms with Crippen LogP contribution in [0.5, 0.6) is 5.75 Å². The number of ether oxygens (including phenoxy) is 1. The van der Waals surface area contributed by atoms with Crippen molar-refractivity contribution in [3.05, 3.63) is 29.5 Å². The van der Waals surface area contributed by atoms with Gasteiger partial charge in [-0.1, -0.05) is 27.2 Å². The number of hydrogen-bond acceptors (Lipinski definition) is 2. The molecule has 0 saturated heterocycles. The Morgan fingerprint density at radius 2 is 1.91 bits per heavy atom. The number of fused-ring (bicyclic) bond motifs is 1. The summed E-state index contributed by atoms with van der Waals surface area (Å²) in [5.74, 6) is 0.990. The predicted octanol–water partition coefficient (Wildman–Crippen LogP) is 5.04. The molecular weight excluding hydrogens is 284 g/mol. The number of aromatic nitrogens is 1. The Morgan fingerprint density at radius 1 is 1.09 bits per heavy atom. The SMILES string of the molecule is CCCCn1c(C)c(CNCCC)c2cc(OCCC)ccc21. The highest BCUT2D eigenvalue weighted by Gasteiger charge is 2.14. The average molecular weight is 316 g/mol. The molecular formula is C20H32N2O. The van der Waals surface area contributed by atoms with E-state index in [0.717, 1.165) is 38.4 Å². The van der Waals surface area contributed by atoms with Crippen LogP contribution >= 0.6 is 0 Å². The Kier molecular flexibility index (Phi) is 6.97. The van der Waals surface area contributed by atoms with E-state index >= 15 is 0 Å². The fourth-order valence-electron chi connectivity index (χ4n) is 3.06. The number of aryl methyl sites for hydroxylation is 1. The molecule has 0 spiro atoms. The molecule has 1 N–H and O–H groups in total. The first-order chi connectivity index (χ1) is 11.2. The fraction of sp³-hybridized carbons (Fsp3) is 0.600. The van der Waals surface area contributed by atoms with Crippen molar-refractivity contribution in [2.24, 2.45) is 0 Å². The van der Waals surface area contributed by atoms with Crippen molar-refractivity contribution < 1.29 is 4.74 Å². The van der Waals surface area contributed by atoms with Gasteiger partial charge >= 0.3 is 0 Å². The highest BCUT2D eigenvalue weighted by Crippen LogP contribution is 2.30. The highest BCUT2D eigenvalue weighted by molar-refractivity contribution is 5.87. The summed E-state index contributed by atoms with van der Waals surface area (Å²) in [4.78, 5) is 0. The van der Waals surface area contributed by atoms with Gasteiger partial charge in [0.15, 0.2) is 0 Å². The lowest BCUT2D eigenvalue weighted by molar-refractivity contribution is 0.318. The van der Waals surface area contributed by atoms with Gasteiger partial charge in [0, 0.05) is 29.7 Å². The van der Waals surface area contributed by atoms with E-state index in [9.17, 15) is 0 Å². The second kappa shape index (κ2) is 8.97. The van der Waals surface area contributed by atoms with Gasteiger partial charge in [0.1, 0.15) is 5.75 Å². The van der Waals surface area contributed by atoms with Crippen LogP contribution in [-0.4, -0.2) is 17.7 Å². The van der Waals surface area contributed by atoms with Crippen LogP contribution in [0, 0.1) is 6.92 Å². The quantitative estimate of drug-likeness (QED) is 0.622. The van der Waals surface area contributed by atoms with Crippen LogP contribution in [0.15, 0.2) is 18.2 Å². The van der Waals surface area contributed by atoms with Crippen molar-refractivity contribution in [2.45, 2.75) is 66.5 Å². The molecule has 23 heavy (non-hydrogen) atoms. The van der Waals surface area contributed by atoms with Crippen LogP contribution in [0.3, 0.4) is 0 Å². The molecule has 3 heteroatoms. The Balaban J connectivity index is 2.39. The third-order valence-electron chi connectivity index (χ3n) is 4.36. The summed E-state index contributed by atoms with van der Waals surface area (Å²) in [7, 11) is 0. The normalized spacial score (nSPS) is 11.3. The van der Waals surface area contributed by atoms with E-state index < -0.39 is 0 Å². The first-order valence-corrected chi connectivity index (χ1v) is 9.18. The molecule has 1 heterocycles. The molecule has 0 saturated carbocycles. The summed E-state index contributed by atoms with van der Waals surface area (Å²) in [6.07, 6.45) is 4.65. The van der Waals surface area contributed by atoms with Gasteiger partial charge in [0.2, 0.25) is 0 Å². The number of nitrogens with one attached hydrogen (secondary N) is 1. The first-order valence-electron chi connectivity index (χ1n) is 9.18. The highest BCUT2D eigenvalue weighted by atomic mass is 16.5. The lowest BCUT2D eigenvalue weighted by atomic mass is 10.1. The van der Waals surface area contributed by atoms with E-state index in [1.165, 1.54) is 41.4 Å². The molecule has 0 aliphatic carbocycles. The van der Waals surface area contributed by atoms with Gasteiger partial charge in [-0.05, 0) is 56.5 Å². The maximum atomic E-state index is 5.84. The largest absolute Gasteiger partial charge is 0.494 e. The summed E-state index contributed by atoms with van der Waals surface area (Å²) in [5, 5.41) is 4.91. The number of benzene rings is 1. The molecule has 2 aromatic rings. The summed E-state index contributed by atoms with van der Waals surface area (Å²) in [6, 6.07) is 6.57. The third kappa shape index (κ3) is 4.29. The van der Waals surface area contributed by atoms with Gasteiger partial charge in [0.05, 0.1) is 6.61 Å². The van der Waals surface area contributed by atoms with E-state index in [4.69, 9.17) is 4.74 Å². The molecule has 0 bridgehead atoms. The molecule has 0 amide bonds. The molecule has 1 aromatic heterocycles. The smallest absolute Gasteiger partial charge is 0.120 e. The van der Waals surface area contributed by atoms with Gasteiger partial charge in [-0.25, -0.2) is 0 Å². The minimum absolute atomic E-state index is 0.782. The van der Waals surface area contributed by atoms with Crippen LogP contribution in [-0.2, 0) is 13.1 Å². The minimum Gasteiger partial charge on any atom is -0.494 e. The zero-order chi connectivity index (χ0) is 16.7. The van der Waals surface area contributed by atoms with Crippen LogP contribution < -0.4 is 10.1 Å². The van der Waals surface area contributed by atoms with Crippen molar-refractivity contribution in [3.63, 3.8) is 0 Å². The van der Waals surface area contributed by atoms with E-state index in [-0.39, 0.29) is 0 Å². The number of rotatable bonds is 10. The van der Waals surface area contributed by atoms with Crippen LogP contribution in [0.25, 0.3) is 10.9 Å². The van der Waals surface area contributed by atoms with E-state index in [1.807, 2.05) is 0 Å². The first kappa shape index (κ1) is 17.9. The van der Waals surface area contributed by atoms with Crippen LogP contribution in [0.1, 0.15) is 57.7 Å². The van der Waals surface area contributed by atoms with E-state index in [0.29, 0.717) is 0 Å². The average Bonchev–Trinajstić information content (AvgIpc) is 2.82. The Morgan fingerprint density at radius 3 is 2.61 bits per heavy atom. The lowest BCUT2D eigenvalue weighted by Crippen LogP contribution is -2.14. The number of unbranched alkanes of at least 4 members (excludes halogenated alkanes) is 1. The Bertz CT molecular complexity index is 616. The van der Waals surface area contributed by atoms with E-state index in [2.05, 4.69) is 55.8 Å². The summed E-state index contributed by atoms with van der Waals surface area (Å²) in [5.41, 5.74) is 4.16. The topological polar surface area (TPSA) is 26.2 Å². The van der Waals surface area contributed by atoms with Crippen molar-refractivity contribution in [3.8, 4) is 5.75 Å². The van der Waals surface area contributed by atoms with Gasteiger partial charge in [-0.3, -0.25) is 0 Å². The molecule has 128 valence electrons. The standard InChI is InChI=1S/C20H32N2O/c1-5-8-12-22-16(4)19(15-21-11-6-2)18-14-17(23-13-7-3)9-10-20(18)22/h9-10,14,21H,5-8,11-13,15H2,1-4H3. The molecule has 0 fully saturated rings. The van der Waals surface area contributed by atoms with Crippen LogP contribution in [0.2, 0.25) is 0 Å². The molecule has 3 nitrogen and oxygen atoms in total. The fourth-order valence-corrected chi connectivity index (χ4v) is 3.06. The minimum atomic E-state index is 0.782. The predicted molar refractivity (Wildman–Crippen MR) is 99.4 cm³/mol. The zero-order valence-electron chi connectivity index (χ0n) is 15.2.